The van der Waals surface area contributed by atoms with Crippen LogP contribution in [-0.2, 0) is 6.42 Å². The molecule has 1 aliphatic carbocycles. The van der Waals surface area contributed by atoms with Crippen LogP contribution in [-0.4, -0.2) is 35.7 Å². The molecule has 110 valence electrons. The fraction of sp³-hybridized carbons (Fsp3) is 0.667. The molecule has 1 N–H and O–H groups in total. The largest absolute Gasteiger partial charge is 0.396 e. The van der Waals surface area contributed by atoms with Crippen molar-refractivity contribution in [2.75, 3.05) is 19.7 Å². The number of hydrogen-bond acceptors (Lipinski definition) is 2. The number of likely N-dealkylation sites (tertiary alicyclic amines) is 1. The lowest BCUT2D eigenvalue weighted by molar-refractivity contribution is 0.0135. The second-order valence-corrected chi connectivity index (χ2v) is 6.83. The summed E-state index contributed by atoms with van der Waals surface area (Å²) in [5.41, 5.74) is 1.46. The van der Waals surface area contributed by atoms with E-state index in [1.54, 1.807) is 0 Å². The van der Waals surface area contributed by atoms with Gasteiger partial charge in [-0.3, -0.25) is 4.90 Å². The first-order valence-electron chi connectivity index (χ1n) is 8.20. The summed E-state index contributed by atoms with van der Waals surface area (Å²) in [4.78, 5) is 2.68. The Bertz CT molecular complexity index is 413. The maximum absolute atomic E-state index is 10.0. The highest BCUT2D eigenvalue weighted by Gasteiger charge is 2.37. The van der Waals surface area contributed by atoms with E-state index in [-0.39, 0.29) is 5.41 Å². The van der Waals surface area contributed by atoms with Gasteiger partial charge in [0.1, 0.15) is 0 Å². The van der Waals surface area contributed by atoms with Crippen LogP contribution in [0.15, 0.2) is 30.3 Å². The number of nitrogens with zero attached hydrogens (tertiary/aromatic N) is 1. The predicted octanol–water partition coefficient (Wildman–Crippen LogP) is 3.25. The number of benzene rings is 1. The zero-order valence-corrected chi connectivity index (χ0v) is 12.4. The molecule has 1 saturated carbocycles. The Morgan fingerprint density at radius 2 is 1.85 bits per heavy atom. The van der Waals surface area contributed by atoms with Gasteiger partial charge in [-0.2, -0.15) is 0 Å². The van der Waals surface area contributed by atoms with Gasteiger partial charge in [0, 0.05) is 18.0 Å². The Morgan fingerprint density at radius 1 is 1.10 bits per heavy atom. The third-order valence-electron chi connectivity index (χ3n) is 5.29. The Balaban J connectivity index is 1.70. The quantitative estimate of drug-likeness (QED) is 0.910. The van der Waals surface area contributed by atoms with Crippen LogP contribution in [0.25, 0.3) is 0 Å². The van der Waals surface area contributed by atoms with Crippen molar-refractivity contribution in [3.05, 3.63) is 35.9 Å². The fourth-order valence-corrected chi connectivity index (χ4v) is 4.19. The lowest BCUT2D eigenvalue weighted by Gasteiger charge is -2.44. The summed E-state index contributed by atoms with van der Waals surface area (Å²) in [6, 6.07) is 11.5. The molecule has 20 heavy (non-hydrogen) atoms. The van der Waals surface area contributed by atoms with Gasteiger partial charge in [0.2, 0.25) is 0 Å². The molecule has 2 aliphatic rings. The van der Waals surface area contributed by atoms with E-state index in [1.165, 1.54) is 50.6 Å². The van der Waals surface area contributed by atoms with Crippen LogP contribution in [0.4, 0.5) is 0 Å². The Kier molecular flexibility index (Phi) is 4.42. The van der Waals surface area contributed by atoms with Crippen molar-refractivity contribution in [2.45, 2.75) is 51.0 Å². The van der Waals surface area contributed by atoms with Crippen molar-refractivity contribution in [3.8, 4) is 0 Å². The molecule has 1 aromatic rings. The average Bonchev–Trinajstić information content (AvgIpc) is 3.03. The minimum absolute atomic E-state index is 0.0855. The van der Waals surface area contributed by atoms with E-state index in [4.69, 9.17) is 0 Å². The molecule has 0 spiro atoms. The van der Waals surface area contributed by atoms with Crippen LogP contribution in [0.2, 0.25) is 0 Å². The molecule has 1 aliphatic heterocycles. The molecule has 1 aromatic carbocycles. The molecule has 0 bridgehead atoms. The number of aliphatic hydroxyl groups is 1. The smallest absolute Gasteiger partial charge is 0.0502 e. The van der Waals surface area contributed by atoms with Crippen molar-refractivity contribution in [2.24, 2.45) is 5.41 Å². The van der Waals surface area contributed by atoms with Crippen LogP contribution in [0.5, 0.6) is 0 Å². The summed E-state index contributed by atoms with van der Waals surface area (Å²) < 4.78 is 0. The lowest BCUT2D eigenvalue weighted by Crippen LogP contribution is -2.49. The molecular weight excluding hydrogens is 246 g/mol. The minimum atomic E-state index is 0.0855. The van der Waals surface area contributed by atoms with Gasteiger partial charge in [-0.1, -0.05) is 43.2 Å². The lowest BCUT2D eigenvalue weighted by atomic mass is 9.75. The molecule has 1 atom stereocenters. The summed E-state index contributed by atoms with van der Waals surface area (Å²) in [5, 5.41) is 10.0. The van der Waals surface area contributed by atoms with E-state index in [0.717, 1.165) is 19.0 Å². The van der Waals surface area contributed by atoms with E-state index in [2.05, 4.69) is 35.2 Å². The molecule has 0 radical (unpaired) electrons. The van der Waals surface area contributed by atoms with E-state index < -0.39 is 0 Å². The maximum Gasteiger partial charge on any atom is 0.0502 e. The van der Waals surface area contributed by atoms with E-state index >= 15 is 0 Å². The van der Waals surface area contributed by atoms with E-state index in [0.29, 0.717) is 6.61 Å². The molecule has 1 heterocycles. The highest BCUT2D eigenvalue weighted by molar-refractivity contribution is 5.17. The third-order valence-corrected chi connectivity index (χ3v) is 5.29. The average molecular weight is 273 g/mol. The third kappa shape index (κ3) is 3.07. The Hall–Kier alpha value is -0.860. The van der Waals surface area contributed by atoms with Crippen LogP contribution in [0.1, 0.15) is 44.1 Å². The Labute approximate surface area is 122 Å². The van der Waals surface area contributed by atoms with Crippen molar-refractivity contribution >= 4 is 0 Å². The highest BCUT2D eigenvalue weighted by Crippen LogP contribution is 2.36. The zero-order valence-electron chi connectivity index (χ0n) is 12.4. The summed E-state index contributed by atoms with van der Waals surface area (Å²) in [5.74, 6) is 0. The number of hydrogen-bond donors (Lipinski definition) is 1. The minimum Gasteiger partial charge on any atom is -0.396 e. The van der Waals surface area contributed by atoms with Crippen LogP contribution >= 0.6 is 0 Å². The highest BCUT2D eigenvalue weighted by atomic mass is 16.3. The molecule has 0 amide bonds. The van der Waals surface area contributed by atoms with Gasteiger partial charge in [-0.05, 0) is 44.2 Å². The topological polar surface area (TPSA) is 23.5 Å². The number of piperidine rings is 1. The molecule has 2 nitrogen and oxygen atoms in total. The van der Waals surface area contributed by atoms with Gasteiger partial charge in [-0.25, -0.2) is 0 Å². The van der Waals surface area contributed by atoms with Crippen LogP contribution in [0.3, 0.4) is 0 Å². The normalized spacial score (nSPS) is 28.9. The zero-order chi connectivity index (χ0) is 13.8. The molecule has 1 unspecified atom stereocenters. The fourth-order valence-electron chi connectivity index (χ4n) is 4.19. The first kappa shape index (κ1) is 14.1. The van der Waals surface area contributed by atoms with Gasteiger partial charge in [0.15, 0.2) is 0 Å². The molecule has 1 saturated heterocycles. The first-order chi connectivity index (χ1) is 9.81. The standard InChI is InChI=1S/C18H27NO/c20-15-18(13-16-7-2-1-3-8-16)11-6-12-19(14-18)17-9-4-5-10-17/h1-3,7-8,17,20H,4-6,9-15H2. The predicted molar refractivity (Wildman–Crippen MR) is 82.7 cm³/mol. The van der Waals surface area contributed by atoms with Gasteiger partial charge in [-0.15, -0.1) is 0 Å². The van der Waals surface area contributed by atoms with Crippen LogP contribution in [0, 0.1) is 5.41 Å². The summed E-state index contributed by atoms with van der Waals surface area (Å²) >= 11 is 0. The number of rotatable bonds is 4. The SMILES string of the molecule is OCC1(Cc2ccccc2)CCCN(C2CCCC2)C1. The number of aliphatic hydroxyl groups excluding tert-OH is 1. The maximum atomic E-state index is 10.0. The molecular formula is C18H27NO. The monoisotopic (exact) mass is 273 g/mol. The van der Waals surface area contributed by atoms with Gasteiger partial charge < -0.3 is 5.11 Å². The second-order valence-electron chi connectivity index (χ2n) is 6.83. The van der Waals surface area contributed by atoms with Crippen molar-refractivity contribution in [1.82, 2.24) is 4.90 Å². The Morgan fingerprint density at radius 3 is 2.55 bits per heavy atom. The van der Waals surface area contributed by atoms with Crippen molar-refractivity contribution < 1.29 is 5.11 Å². The second kappa shape index (κ2) is 6.28. The van der Waals surface area contributed by atoms with Gasteiger partial charge in [0.25, 0.3) is 0 Å². The van der Waals surface area contributed by atoms with Crippen LogP contribution < -0.4 is 0 Å². The molecule has 0 aromatic heterocycles. The summed E-state index contributed by atoms with van der Waals surface area (Å²) in [6.45, 7) is 2.65. The molecule has 2 fully saturated rings. The van der Waals surface area contributed by atoms with Gasteiger partial charge in [0.05, 0.1) is 6.61 Å². The van der Waals surface area contributed by atoms with E-state index in [9.17, 15) is 5.11 Å². The van der Waals surface area contributed by atoms with Gasteiger partial charge >= 0.3 is 0 Å². The summed E-state index contributed by atoms with van der Waals surface area (Å²) in [6.07, 6.45) is 8.96. The molecule has 2 heteroatoms. The summed E-state index contributed by atoms with van der Waals surface area (Å²) in [7, 11) is 0. The van der Waals surface area contributed by atoms with E-state index in [1.807, 2.05) is 0 Å². The van der Waals surface area contributed by atoms with Crippen molar-refractivity contribution in [3.63, 3.8) is 0 Å². The molecule has 3 rings (SSSR count). The van der Waals surface area contributed by atoms with Crippen molar-refractivity contribution in [1.29, 1.82) is 0 Å². The first-order valence-corrected chi connectivity index (χ1v) is 8.20.